The van der Waals surface area contributed by atoms with E-state index in [0.717, 1.165) is 17.1 Å². The standard InChI is InChI=1S/C40H27NS/c1-3-9-28(10-4-1)29-15-17-30(18-16-29)31-19-22-35(23-20-31)41(34-11-5-2-6-12-34)36-24-21-32-26-38-37-13-7-8-14-39(37)42-40(38)27-33(32)25-36/h1-27H. The topological polar surface area (TPSA) is 3.24 Å². The van der Waals surface area contributed by atoms with Crippen molar-refractivity contribution in [3.63, 3.8) is 0 Å². The summed E-state index contributed by atoms with van der Waals surface area (Å²) >= 11 is 1.87. The lowest BCUT2D eigenvalue weighted by Crippen LogP contribution is -2.09. The predicted octanol–water partition coefficient (Wildman–Crippen LogP) is 12.0. The molecule has 1 aromatic heterocycles. The van der Waals surface area contributed by atoms with E-state index in [2.05, 4.69) is 169 Å². The van der Waals surface area contributed by atoms with Crippen molar-refractivity contribution in [3.05, 3.63) is 164 Å². The molecule has 0 aliphatic heterocycles. The van der Waals surface area contributed by atoms with Crippen molar-refractivity contribution in [3.8, 4) is 22.3 Å². The Morgan fingerprint density at radius 2 is 0.881 bits per heavy atom. The Balaban J connectivity index is 1.17. The maximum atomic E-state index is 2.35. The molecule has 8 aromatic rings. The second-order valence-electron chi connectivity index (χ2n) is 10.6. The number of benzene rings is 7. The summed E-state index contributed by atoms with van der Waals surface area (Å²) in [6.45, 7) is 0. The summed E-state index contributed by atoms with van der Waals surface area (Å²) in [6.07, 6.45) is 0. The zero-order valence-corrected chi connectivity index (χ0v) is 23.8. The number of rotatable bonds is 5. The van der Waals surface area contributed by atoms with E-state index in [9.17, 15) is 0 Å². The fraction of sp³-hybridized carbons (Fsp3) is 0. The first-order valence-electron chi connectivity index (χ1n) is 14.3. The molecule has 0 unspecified atom stereocenters. The fourth-order valence-corrected chi connectivity index (χ4v) is 7.04. The van der Waals surface area contributed by atoms with Gasteiger partial charge in [-0.15, -0.1) is 11.3 Å². The number of para-hydroxylation sites is 1. The molecular formula is C40H27NS. The molecule has 0 aliphatic carbocycles. The lowest BCUT2D eigenvalue weighted by molar-refractivity contribution is 1.29. The second kappa shape index (κ2) is 10.3. The van der Waals surface area contributed by atoms with E-state index in [1.807, 2.05) is 11.3 Å². The molecule has 0 atom stereocenters. The minimum absolute atomic E-state index is 1.13. The van der Waals surface area contributed by atoms with Crippen LogP contribution in [0.4, 0.5) is 17.1 Å². The normalized spacial score (nSPS) is 11.3. The van der Waals surface area contributed by atoms with Crippen LogP contribution >= 0.6 is 11.3 Å². The molecule has 1 heterocycles. The molecule has 0 fully saturated rings. The van der Waals surface area contributed by atoms with Crippen molar-refractivity contribution in [1.29, 1.82) is 0 Å². The Bertz CT molecular complexity index is 2160. The van der Waals surface area contributed by atoms with Gasteiger partial charge in [-0.1, -0.05) is 109 Å². The van der Waals surface area contributed by atoms with Crippen LogP contribution in [0.25, 0.3) is 53.2 Å². The molecule has 0 radical (unpaired) electrons. The van der Waals surface area contributed by atoms with Gasteiger partial charge in [-0.25, -0.2) is 0 Å². The van der Waals surface area contributed by atoms with Crippen LogP contribution in [-0.4, -0.2) is 0 Å². The first-order chi connectivity index (χ1) is 20.8. The molecule has 0 saturated heterocycles. The lowest BCUT2D eigenvalue weighted by Gasteiger charge is -2.26. The van der Waals surface area contributed by atoms with E-state index in [1.165, 1.54) is 53.2 Å². The molecule has 0 bridgehead atoms. The van der Waals surface area contributed by atoms with Gasteiger partial charge in [0, 0.05) is 37.2 Å². The summed E-state index contributed by atoms with van der Waals surface area (Å²) in [4.78, 5) is 2.34. The number of fused-ring (bicyclic) bond motifs is 4. The van der Waals surface area contributed by atoms with Gasteiger partial charge in [0.15, 0.2) is 0 Å². The van der Waals surface area contributed by atoms with Crippen molar-refractivity contribution in [2.24, 2.45) is 0 Å². The number of anilines is 3. The minimum Gasteiger partial charge on any atom is -0.310 e. The van der Waals surface area contributed by atoms with Gasteiger partial charge in [0.1, 0.15) is 0 Å². The van der Waals surface area contributed by atoms with Gasteiger partial charge in [-0.2, -0.15) is 0 Å². The molecule has 0 amide bonds. The Kier molecular flexibility index (Phi) is 6.05. The monoisotopic (exact) mass is 553 g/mol. The van der Waals surface area contributed by atoms with Gasteiger partial charge in [0.25, 0.3) is 0 Å². The summed E-state index contributed by atoms with van der Waals surface area (Å²) in [5, 5.41) is 5.19. The van der Waals surface area contributed by atoms with E-state index in [4.69, 9.17) is 0 Å². The van der Waals surface area contributed by atoms with Crippen molar-refractivity contribution < 1.29 is 0 Å². The third-order valence-electron chi connectivity index (χ3n) is 8.04. The zero-order valence-electron chi connectivity index (χ0n) is 22.9. The molecule has 0 saturated carbocycles. The maximum Gasteiger partial charge on any atom is 0.0468 e. The minimum atomic E-state index is 1.13. The summed E-state index contributed by atoms with van der Waals surface area (Å²) < 4.78 is 2.67. The van der Waals surface area contributed by atoms with Crippen LogP contribution < -0.4 is 4.90 Å². The quantitative estimate of drug-likeness (QED) is 0.205. The van der Waals surface area contributed by atoms with Crippen molar-refractivity contribution >= 4 is 59.3 Å². The molecule has 42 heavy (non-hydrogen) atoms. The summed E-state index contributed by atoms with van der Waals surface area (Å²) in [5.41, 5.74) is 8.31. The first-order valence-corrected chi connectivity index (χ1v) is 15.1. The highest BCUT2D eigenvalue weighted by molar-refractivity contribution is 7.25. The molecule has 0 N–H and O–H groups in total. The summed E-state index contributed by atoms with van der Waals surface area (Å²) in [6, 6.07) is 59.1. The van der Waals surface area contributed by atoms with E-state index in [-0.39, 0.29) is 0 Å². The zero-order chi connectivity index (χ0) is 27.9. The molecule has 198 valence electrons. The molecular weight excluding hydrogens is 527 g/mol. The third-order valence-corrected chi connectivity index (χ3v) is 9.18. The van der Waals surface area contributed by atoms with Crippen LogP contribution in [0, 0.1) is 0 Å². The van der Waals surface area contributed by atoms with Gasteiger partial charge in [0.05, 0.1) is 0 Å². The van der Waals surface area contributed by atoms with Gasteiger partial charge < -0.3 is 4.90 Å². The molecule has 7 aromatic carbocycles. The maximum absolute atomic E-state index is 2.35. The van der Waals surface area contributed by atoms with Gasteiger partial charge in [-0.05, 0) is 87.6 Å². The van der Waals surface area contributed by atoms with Crippen LogP contribution in [0.15, 0.2) is 164 Å². The lowest BCUT2D eigenvalue weighted by atomic mass is 10.00. The number of thiophene rings is 1. The number of nitrogens with zero attached hydrogens (tertiary/aromatic N) is 1. The number of hydrogen-bond acceptors (Lipinski definition) is 2. The number of hydrogen-bond donors (Lipinski definition) is 0. The highest BCUT2D eigenvalue weighted by Gasteiger charge is 2.14. The molecule has 0 spiro atoms. The Labute approximate surface area is 249 Å². The SMILES string of the molecule is c1ccc(-c2ccc(-c3ccc(N(c4ccccc4)c4ccc5cc6c(cc5c4)sc4ccccc46)cc3)cc2)cc1. The van der Waals surface area contributed by atoms with Gasteiger partial charge >= 0.3 is 0 Å². The Hall–Kier alpha value is -5.18. The average Bonchev–Trinajstić information content (AvgIpc) is 3.42. The third kappa shape index (κ3) is 4.43. The van der Waals surface area contributed by atoms with Crippen molar-refractivity contribution in [1.82, 2.24) is 0 Å². The van der Waals surface area contributed by atoms with E-state index >= 15 is 0 Å². The Morgan fingerprint density at radius 1 is 0.333 bits per heavy atom. The van der Waals surface area contributed by atoms with Crippen LogP contribution in [-0.2, 0) is 0 Å². The van der Waals surface area contributed by atoms with Crippen LogP contribution in [0.5, 0.6) is 0 Å². The van der Waals surface area contributed by atoms with E-state index in [1.54, 1.807) is 0 Å². The molecule has 8 rings (SSSR count). The van der Waals surface area contributed by atoms with Crippen molar-refractivity contribution in [2.75, 3.05) is 4.90 Å². The highest BCUT2D eigenvalue weighted by atomic mass is 32.1. The fourth-order valence-electron chi connectivity index (χ4n) is 5.91. The highest BCUT2D eigenvalue weighted by Crippen LogP contribution is 2.40. The van der Waals surface area contributed by atoms with Crippen LogP contribution in [0.3, 0.4) is 0 Å². The largest absolute Gasteiger partial charge is 0.310 e. The summed E-state index contributed by atoms with van der Waals surface area (Å²) in [7, 11) is 0. The Morgan fingerprint density at radius 3 is 1.60 bits per heavy atom. The summed E-state index contributed by atoms with van der Waals surface area (Å²) in [5.74, 6) is 0. The van der Waals surface area contributed by atoms with Crippen LogP contribution in [0.1, 0.15) is 0 Å². The van der Waals surface area contributed by atoms with Gasteiger partial charge in [0.2, 0.25) is 0 Å². The van der Waals surface area contributed by atoms with Crippen LogP contribution in [0.2, 0.25) is 0 Å². The second-order valence-corrected chi connectivity index (χ2v) is 11.7. The molecule has 1 nitrogen and oxygen atoms in total. The average molecular weight is 554 g/mol. The van der Waals surface area contributed by atoms with Gasteiger partial charge in [-0.3, -0.25) is 0 Å². The predicted molar refractivity (Wildman–Crippen MR) is 182 cm³/mol. The van der Waals surface area contributed by atoms with E-state index in [0.29, 0.717) is 0 Å². The smallest absolute Gasteiger partial charge is 0.0468 e. The van der Waals surface area contributed by atoms with E-state index < -0.39 is 0 Å². The molecule has 0 aliphatic rings. The van der Waals surface area contributed by atoms with Crippen molar-refractivity contribution in [2.45, 2.75) is 0 Å². The first kappa shape index (κ1) is 24.6. The molecule has 2 heteroatoms.